The molecule has 0 N–H and O–H groups in total. The van der Waals surface area contributed by atoms with Gasteiger partial charge < -0.3 is 4.74 Å². The Bertz CT molecular complexity index is 622. The van der Waals surface area contributed by atoms with Gasteiger partial charge in [-0.2, -0.15) is 0 Å². The summed E-state index contributed by atoms with van der Waals surface area (Å²) in [7, 11) is 0. The first-order valence-electron chi connectivity index (χ1n) is 9.51. The smallest absolute Gasteiger partial charge is 0.120 e. The van der Waals surface area contributed by atoms with E-state index in [0.717, 1.165) is 5.75 Å². The molecule has 0 aromatic heterocycles. The standard InChI is InChI=1S/C22H35NO/c1-15-19-13-16-9-10-17(24-21(5,6)7)14-18(16)22(15,8)11-12-23(19)20(2,3)4/h9-10,14-15,19H,11-13H2,1-8H3/t15?,19?,22-/m1/s1. The summed E-state index contributed by atoms with van der Waals surface area (Å²) in [6, 6.07) is 7.46. The van der Waals surface area contributed by atoms with Crippen molar-refractivity contribution in [2.75, 3.05) is 6.54 Å². The molecular formula is C22H35NO. The third kappa shape index (κ3) is 2.98. The predicted octanol–water partition coefficient (Wildman–Crippen LogP) is 5.19. The second kappa shape index (κ2) is 5.49. The topological polar surface area (TPSA) is 12.5 Å². The van der Waals surface area contributed by atoms with E-state index in [1.165, 1.54) is 30.5 Å². The zero-order chi connectivity index (χ0) is 17.9. The van der Waals surface area contributed by atoms with E-state index in [1.54, 1.807) is 0 Å². The van der Waals surface area contributed by atoms with Crippen LogP contribution in [0.5, 0.6) is 5.75 Å². The molecule has 1 saturated heterocycles. The molecule has 2 nitrogen and oxygen atoms in total. The lowest BCUT2D eigenvalue weighted by Crippen LogP contribution is -2.62. The van der Waals surface area contributed by atoms with Crippen molar-refractivity contribution in [2.45, 2.75) is 90.8 Å². The van der Waals surface area contributed by atoms with Gasteiger partial charge in [-0.25, -0.2) is 0 Å². The van der Waals surface area contributed by atoms with Gasteiger partial charge in [-0.1, -0.05) is 19.9 Å². The number of fused-ring (bicyclic) bond motifs is 4. The molecule has 24 heavy (non-hydrogen) atoms. The molecule has 1 aromatic carbocycles. The van der Waals surface area contributed by atoms with Gasteiger partial charge in [-0.05, 0) is 95.5 Å². The first-order chi connectivity index (χ1) is 10.9. The minimum absolute atomic E-state index is 0.145. The summed E-state index contributed by atoms with van der Waals surface area (Å²) >= 11 is 0. The summed E-state index contributed by atoms with van der Waals surface area (Å²) in [6.45, 7) is 19.6. The first kappa shape index (κ1) is 17.8. The molecule has 134 valence electrons. The molecule has 1 heterocycles. The third-order valence-corrected chi connectivity index (χ3v) is 6.27. The van der Waals surface area contributed by atoms with Crippen LogP contribution in [0.15, 0.2) is 18.2 Å². The molecule has 0 radical (unpaired) electrons. The Balaban J connectivity index is 2.00. The quantitative estimate of drug-likeness (QED) is 0.703. The van der Waals surface area contributed by atoms with Crippen LogP contribution in [-0.4, -0.2) is 28.6 Å². The van der Waals surface area contributed by atoms with E-state index in [-0.39, 0.29) is 16.6 Å². The van der Waals surface area contributed by atoms with Crippen molar-refractivity contribution in [1.29, 1.82) is 0 Å². The number of benzene rings is 1. The highest BCUT2D eigenvalue weighted by Gasteiger charge is 2.50. The molecule has 3 atom stereocenters. The molecule has 0 spiro atoms. The van der Waals surface area contributed by atoms with Crippen molar-refractivity contribution in [3.8, 4) is 5.75 Å². The maximum atomic E-state index is 6.15. The average molecular weight is 330 g/mol. The van der Waals surface area contributed by atoms with Gasteiger partial charge in [0.1, 0.15) is 11.4 Å². The van der Waals surface area contributed by atoms with Gasteiger partial charge in [0.25, 0.3) is 0 Å². The highest BCUT2D eigenvalue weighted by Crippen LogP contribution is 2.50. The SMILES string of the molecule is CC1C2Cc3ccc(OC(C)(C)C)cc3[C@]1(C)CCN2C(C)(C)C. The lowest BCUT2D eigenvalue weighted by atomic mass is 9.58. The summed E-state index contributed by atoms with van der Waals surface area (Å²) in [5, 5.41) is 0. The van der Waals surface area contributed by atoms with Gasteiger partial charge in [0.05, 0.1) is 0 Å². The fourth-order valence-electron chi connectivity index (χ4n) is 4.85. The molecule has 0 amide bonds. The second-order valence-electron chi connectivity index (χ2n) is 10.1. The van der Waals surface area contributed by atoms with Crippen molar-refractivity contribution >= 4 is 0 Å². The molecule has 2 unspecified atom stereocenters. The number of nitrogens with zero attached hydrogens (tertiary/aromatic N) is 1. The number of piperidine rings is 1. The van der Waals surface area contributed by atoms with E-state index in [0.29, 0.717) is 12.0 Å². The Hall–Kier alpha value is -1.02. The lowest BCUT2D eigenvalue weighted by molar-refractivity contribution is -0.0249. The molecule has 0 saturated carbocycles. The second-order valence-corrected chi connectivity index (χ2v) is 10.1. The number of rotatable bonds is 1. The fourth-order valence-corrected chi connectivity index (χ4v) is 4.85. The van der Waals surface area contributed by atoms with Crippen LogP contribution in [0.25, 0.3) is 0 Å². The van der Waals surface area contributed by atoms with Crippen molar-refractivity contribution in [1.82, 2.24) is 4.90 Å². The minimum Gasteiger partial charge on any atom is -0.488 e. The molecular weight excluding hydrogens is 294 g/mol. The average Bonchev–Trinajstić information content (AvgIpc) is 2.40. The molecule has 3 rings (SSSR count). The van der Waals surface area contributed by atoms with Crippen LogP contribution in [0.2, 0.25) is 0 Å². The summed E-state index contributed by atoms with van der Waals surface area (Å²) in [5.74, 6) is 1.69. The third-order valence-electron chi connectivity index (χ3n) is 6.27. The zero-order valence-corrected chi connectivity index (χ0v) is 16.9. The highest BCUT2D eigenvalue weighted by atomic mass is 16.5. The lowest BCUT2D eigenvalue weighted by Gasteiger charge is -2.58. The summed E-state index contributed by atoms with van der Waals surface area (Å²) in [6.07, 6.45) is 2.40. The maximum absolute atomic E-state index is 6.15. The molecule has 2 aliphatic rings. The Morgan fingerprint density at radius 3 is 2.38 bits per heavy atom. The van der Waals surface area contributed by atoms with Gasteiger partial charge >= 0.3 is 0 Å². The Morgan fingerprint density at radius 1 is 1.12 bits per heavy atom. The number of hydrogen-bond donors (Lipinski definition) is 0. The Kier molecular flexibility index (Phi) is 4.07. The van der Waals surface area contributed by atoms with Crippen molar-refractivity contribution in [3.63, 3.8) is 0 Å². The molecule has 1 fully saturated rings. The summed E-state index contributed by atoms with van der Waals surface area (Å²) in [4.78, 5) is 2.74. The van der Waals surface area contributed by atoms with Gasteiger partial charge in [0.15, 0.2) is 0 Å². The molecule has 1 aliphatic carbocycles. The van der Waals surface area contributed by atoms with Crippen LogP contribution in [0, 0.1) is 5.92 Å². The van der Waals surface area contributed by atoms with E-state index in [9.17, 15) is 0 Å². The Morgan fingerprint density at radius 2 is 1.79 bits per heavy atom. The maximum Gasteiger partial charge on any atom is 0.120 e. The minimum atomic E-state index is -0.145. The van der Waals surface area contributed by atoms with Gasteiger partial charge in [0.2, 0.25) is 0 Å². The first-order valence-corrected chi connectivity index (χ1v) is 9.51. The molecule has 1 aliphatic heterocycles. The number of ether oxygens (including phenoxy) is 1. The van der Waals surface area contributed by atoms with Crippen molar-refractivity contribution in [3.05, 3.63) is 29.3 Å². The van der Waals surface area contributed by atoms with E-state index < -0.39 is 0 Å². The molecule has 2 heteroatoms. The van der Waals surface area contributed by atoms with Gasteiger partial charge in [-0.15, -0.1) is 0 Å². The van der Waals surface area contributed by atoms with E-state index in [1.807, 2.05) is 0 Å². The monoisotopic (exact) mass is 329 g/mol. The van der Waals surface area contributed by atoms with E-state index in [2.05, 4.69) is 78.5 Å². The largest absolute Gasteiger partial charge is 0.488 e. The molecule has 2 bridgehead atoms. The van der Waals surface area contributed by atoms with Crippen LogP contribution in [-0.2, 0) is 11.8 Å². The van der Waals surface area contributed by atoms with Crippen molar-refractivity contribution in [2.24, 2.45) is 5.92 Å². The van der Waals surface area contributed by atoms with Crippen LogP contribution in [0.4, 0.5) is 0 Å². The summed E-state index contributed by atoms with van der Waals surface area (Å²) < 4.78 is 6.15. The van der Waals surface area contributed by atoms with Crippen LogP contribution >= 0.6 is 0 Å². The number of hydrogen-bond acceptors (Lipinski definition) is 2. The zero-order valence-electron chi connectivity index (χ0n) is 16.9. The van der Waals surface area contributed by atoms with Crippen LogP contribution in [0.3, 0.4) is 0 Å². The van der Waals surface area contributed by atoms with E-state index >= 15 is 0 Å². The van der Waals surface area contributed by atoms with E-state index in [4.69, 9.17) is 4.74 Å². The highest BCUT2D eigenvalue weighted by molar-refractivity contribution is 5.45. The van der Waals surface area contributed by atoms with Crippen LogP contribution in [0.1, 0.15) is 72.9 Å². The van der Waals surface area contributed by atoms with Crippen molar-refractivity contribution < 1.29 is 4.74 Å². The normalized spacial score (nSPS) is 30.8. The van der Waals surface area contributed by atoms with Crippen LogP contribution < -0.4 is 4.74 Å². The Labute approximate surface area is 148 Å². The predicted molar refractivity (Wildman–Crippen MR) is 102 cm³/mol. The fraction of sp³-hybridized carbons (Fsp3) is 0.727. The molecule has 1 aromatic rings. The number of likely N-dealkylation sites (tertiary alicyclic amines) is 1. The summed E-state index contributed by atoms with van der Waals surface area (Å²) in [5.41, 5.74) is 3.41. The van der Waals surface area contributed by atoms with Gasteiger partial charge in [-0.3, -0.25) is 4.90 Å². The van der Waals surface area contributed by atoms with Gasteiger partial charge in [0, 0.05) is 11.6 Å².